The molecular weight excluding hydrogens is 196 g/mol. The van der Waals surface area contributed by atoms with Crippen molar-refractivity contribution in [1.82, 2.24) is 0 Å². The summed E-state index contributed by atoms with van der Waals surface area (Å²) in [4.78, 5) is 0. The maximum absolute atomic E-state index is 5.87. The molecule has 1 nitrogen and oxygen atoms in total. The average Bonchev–Trinajstić information content (AvgIpc) is 2.19. The van der Waals surface area contributed by atoms with Crippen molar-refractivity contribution in [2.24, 2.45) is 0 Å². The molecule has 0 saturated heterocycles. The molecule has 0 N–H and O–H groups in total. The Hall–Kier alpha value is -1.21. The van der Waals surface area contributed by atoms with E-state index < -0.39 is 0 Å². The molecule has 1 aromatic carbocycles. The first-order valence-electron chi connectivity index (χ1n) is 4.55. The van der Waals surface area contributed by atoms with Crippen LogP contribution >= 0.6 is 11.6 Å². The van der Waals surface area contributed by atoms with Gasteiger partial charge in [-0.05, 0) is 24.3 Å². The lowest BCUT2D eigenvalue weighted by Gasteiger charge is -2.20. The Balaban J connectivity index is 2.26. The van der Waals surface area contributed by atoms with Gasteiger partial charge in [-0.15, -0.1) is 6.58 Å². The van der Waals surface area contributed by atoms with Crippen LogP contribution in [0.3, 0.4) is 0 Å². The summed E-state index contributed by atoms with van der Waals surface area (Å²) in [6.07, 6.45) is 6.87. The number of benzene rings is 1. The number of rotatable bonds is 2. The zero-order chi connectivity index (χ0) is 9.97. The largest absolute Gasteiger partial charge is 0.485 e. The molecule has 72 valence electrons. The predicted molar refractivity (Wildman–Crippen MR) is 59.7 cm³/mol. The van der Waals surface area contributed by atoms with Crippen molar-refractivity contribution < 1.29 is 4.74 Å². The normalized spacial score (nSPS) is 18.5. The fourth-order valence-electron chi connectivity index (χ4n) is 1.46. The maximum Gasteiger partial charge on any atom is 0.127 e. The Morgan fingerprint density at radius 2 is 2.36 bits per heavy atom. The number of fused-ring (bicyclic) bond motifs is 1. The fourth-order valence-corrected chi connectivity index (χ4v) is 1.64. The number of ether oxygens (including phenoxy) is 1. The number of hydrogen-bond donors (Lipinski definition) is 0. The quantitative estimate of drug-likeness (QED) is 0.671. The van der Waals surface area contributed by atoms with Crippen molar-refractivity contribution in [3.8, 4) is 5.75 Å². The second kappa shape index (κ2) is 3.89. The molecule has 0 amide bonds. The van der Waals surface area contributed by atoms with E-state index in [1.54, 1.807) is 0 Å². The van der Waals surface area contributed by atoms with E-state index in [-0.39, 0.29) is 6.10 Å². The van der Waals surface area contributed by atoms with Crippen LogP contribution < -0.4 is 4.74 Å². The van der Waals surface area contributed by atoms with Crippen LogP contribution in [-0.2, 0) is 0 Å². The molecule has 0 aliphatic carbocycles. The Bertz CT molecular complexity index is 382. The van der Waals surface area contributed by atoms with Gasteiger partial charge in [-0.25, -0.2) is 0 Å². The van der Waals surface area contributed by atoms with Gasteiger partial charge in [0.25, 0.3) is 0 Å². The number of hydrogen-bond acceptors (Lipinski definition) is 1. The molecule has 0 spiro atoms. The second-order valence-corrected chi connectivity index (χ2v) is 3.66. The third kappa shape index (κ3) is 1.83. The maximum atomic E-state index is 5.87. The first-order chi connectivity index (χ1) is 6.79. The first kappa shape index (κ1) is 9.35. The van der Waals surface area contributed by atoms with Crippen LogP contribution in [0.15, 0.2) is 36.9 Å². The molecule has 1 aliphatic rings. The summed E-state index contributed by atoms with van der Waals surface area (Å²) in [5.74, 6) is 0.892. The van der Waals surface area contributed by atoms with Crippen molar-refractivity contribution in [1.29, 1.82) is 0 Å². The van der Waals surface area contributed by atoms with Gasteiger partial charge in [0, 0.05) is 17.0 Å². The van der Waals surface area contributed by atoms with Crippen LogP contribution in [0.4, 0.5) is 0 Å². The van der Waals surface area contributed by atoms with Crippen molar-refractivity contribution >= 4 is 17.7 Å². The van der Waals surface area contributed by atoms with E-state index in [4.69, 9.17) is 16.3 Å². The van der Waals surface area contributed by atoms with Crippen LogP contribution in [0.5, 0.6) is 5.75 Å². The summed E-state index contributed by atoms with van der Waals surface area (Å²) < 4.78 is 5.71. The zero-order valence-corrected chi connectivity index (χ0v) is 8.50. The van der Waals surface area contributed by atoms with E-state index in [0.717, 1.165) is 22.8 Å². The van der Waals surface area contributed by atoms with Gasteiger partial charge in [-0.2, -0.15) is 0 Å². The third-order valence-electron chi connectivity index (χ3n) is 2.14. The van der Waals surface area contributed by atoms with Crippen LogP contribution in [0.1, 0.15) is 12.0 Å². The van der Waals surface area contributed by atoms with Crippen LogP contribution in [-0.4, -0.2) is 6.10 Å². The Kier molecular flexibility index (Phi) is 2.60. The van der Waals surface area contributed by atoms with Gasteiger partial charge in [-0.3, -0.25) is 0 Å². The second-order valence-electron chi connectivity index (χ2n) is 3.22. The molecule has 0 saturated carbocycles. The van der Waals surface area contributed by atoms with Crippen LogP contribution in [0.2, 0.25) is 5.02 Å². The first-order valence-corrected chi connectivity index (χ1v) is 4.92. The lowest BCUT2D eigenvalue weighted by molar-refractivity contribution is 0.249. The minimum atomic E-state index is 0.112. The molecule has 1 atom stereocenters. The summed E-state index contributed by atoms with van der Waals surface area (Å²) in [6, 6.07) is 5.64. The molecule has 0 fully saturated rings. The van der Waals surface area contributed by atoms with Gasteiger partial charge >= 0.3 is 0 Å². The molecule has 1 heterocycles. The van der Waals surface area contributed by atoms with Gasteiger partial charge < -0.3 is 4.74 Å². The molecule has 1 aromatic rings. The molecule has 2 rings (SSSR count). The third-order valence-corrected chi connectivity index (χ3v) is 2.37. The highest BCUT2D eigenvalue weighted by Gasteiger charge is 2.12. The Labute approximate surface area is 88.7 Å². The van der Waals surface area contributed by atoms with E-state index in [0.29, 0.717) is 0 Å². The van der Waals surface area contributed by atoms with Gasteiger partial charge in [0.1, 0.15) is 11.9 Å². The SMILES string of the molecule is C=CCC1C=Cc2cc(Cl)ccc2O1. The highest BCUT2D eigenvalue weighted by Crippen LogP contribution is 2.29. The van der Waals surface area contributed by atoms with Crippen molar-refractivity contribution in [2.45, 2.75) is 12.5 Å². The van der Waals surface area contributed by atoms with Gasteiger partial charge in [0.15, 0.2) is 0 Å². The molecule has 1 aliphatic heterocycles. The van der Waals surface area contributed by atoms with Crippen LogP contribution in [0, 0.1) is 0 Å². The number of halogens is 1. The molecular formula is C12H11ClO. The van der Waals surface area contributed by atoms with E-state index in [1.165, 1.54) is 0 Å². The predicted octanol–water partition coefficient (Wildman–Crippen LogP) is 3.69. The van der Waals surface area contributed by atoms with Gasteiger partial charge in [-0.1, -0.05) is 23.8 Å². The molecule has 2 heteroatoms. The van der Waals surface area contributed by atoms with Crippen LogP contribution in [0.25, 0.3) is 6.08 Å². The Morgan fingerprint density at radius 1 is 1.50 bits per heavy atom. The molecule has 14 heavy (non-hydrogen) atoms. The lowest BCUT2D eigenvalue weighted by Crippen LogP contribution is -2.15. The van der Waals surface area contributed by atoms with Crippen molar-refractivity contribution in [3.63, 3.8) is 0 Å². The molecule has 0 aromatic heterocycles. The highest BCUT2D eigenvalue weighted by atomic mass is 35.5. The Morgan fingerprint density at radius 3 is 3.14 bits per heavy atom. The fraction of sp³-hybridized carbons (Fsp3) is 0.167. The summed E-state index contributed by atoms with van der Waals surface area (Å²) in [6.45, 7) is 3.69. The topological polar surface area (TPSA) is 9.23 Å². The van der Waals surface area contributed by atoms with Gasteiger partial charge in [0.2, 0.25) is 0 Å². The minimum Gasteiger partial charge on any atom is -0.485 e. The van der Waals surface area contributed by atoms with E-state index in [1.807, 2.05) is 36.4 Å². The highest BCUT2D eigenvalue weighted by molar-refractivity contribution is 6.30. The summed E-state index contributed by atoms with van der Waals surface area (Å²) in [5.41, 5.74) is 1.04. The van der Waals surface area contributed by atoms with E-state index >= 15 is 0 Å². The zero-order valence-electron chi connectivity index (χ0n) is 7.74. The summed E-state index contributed by atoms with van der Waals surface area (Å²) >= 11 is 5.87. The summed E-state index contributed by atoms with van der Waals surface area (Å²) in [7, 11) is 0. The molecule has 1 unspecified atom stereocenters. The van der Waals surface area contributed by atoms with E-state index in [9.17, 15) is 0 Å². The molecule has 0 radical (unpaired) electrons. The molecule has 0 bridgehead atoms. The smallest absolute Gasteiger partial charge is 0.127 e. The van der Waals surface area contributed by atoms with Gasteiger partial charge in [0.05, 0.1) is 0 Å². The minimum absolute atomic E-state index is 0.112. The van der Waals surface area contributed by atoms with E-state index in [2.05, 4.69) is 6.58 Å². The standard InChI is InChI=1S/C12H11ClO/c1-2-3-11-6-4-9-8-10(13)5-7-12(9)14-11/h2,4-8,11H,1,3H2. The monoisotopic (exact) mass is 206 g/mol. The van der Waals surface area contributed by atoms with Crippen molar-refractivity contribution in [3.05, 3.63) is 47.5 Å². The average molecular weight is 207 g/mol. The summed E-state index contributed by atoms with van der Waals surface area (Å²) in [5, 5.41) is 0.735. The van der Waals surface area contributed by atoms with Crippen molar-refractivity contribution in [2.75, 3.05) is 0 Å². The lowest BCUT2D eigenvalue weighted by atomic mass is 10.1.